The third kappa shape index (κ3) is 3.43. The molecular weight excluding hydrogens is 330 g/mol. The van der Waals surface area contributed by atoms with E-state index in [1.807, 2.05) is 32.0 Å². The number of urea groups is 1. The van der Waals surface area contributed by atoms with E-state index in [1.54, 1.807) is 23.9 Å². The molecule has 0 radical (unpaired) electrons. The van der Waals surface area contributed by atoms with E-state index in [1.165, 1.54) is 0 Å². The summed E-state index contributed by atoms with van der Waals surface area (Å²) >= 11 is 0. The second-order valence-electron chi connectivity index (χ2n) is 7.82. The number of anilines is 1. The third-order valence-electron chi connectivity index (χ3n) is 6.01. The Balaban J connectivity index is 1.79. The van der Waals surface area contributed by atoms with E-state index in [-0.39, 0.29) is 23.3 Å². The van der Waals surface area contributed by atoms with Crippen LogP contribution in [0.25, 0.3) is 0 Å². The van der Waals surface area contributed by atoms with Crippen LogP contribution in [0.15, 0.2) is 18.2 Å². The Hall–Kier alpha value is -2.08. The first-order valence-electron chi connectivity index (χ1n) is 9.25. The van der Waals surface area contributed by atoms with Crippen LogP contribution in [0, 0.1) is 25.2 Å². The average molecular weight is 359 g/mol. The molecule has 1 unspecified atom stereocenters. The van der Waals surface area contributed by atoms with Crippen molar-refractivity contribution in [3.05, 3.63) is 29.3 Å². The SMILES string of the molecule is Cc1cccc(NC(=O)N2CC(C(=O)N(C)C)C3(CCOCC3)C2)c1C. The molecule has 3 amide bonds. The van der Waals surface area contributed by atoms with Gasteiger partial charge in [-0.15, -0.1) is 0 Å². The lowest BCUT2D eigenvalue weighted by atomic mass is 9.71. The summed E-state index contributed by atoms with van der Waals surface area (Å²) in [6, 6.07) is 5.77. The van der Waals surface area contributed by atoms with Gasteiger partial charge in [0.2, 0.25) is 5.91 Å². The number of carbonyl (C=O) groups is 2. The van der Waals surface area contributed by atoms with Crippen molar-refractivity contribution >= 4 is 17.6 Å². The predicted octanol–water partition coefficient (Wildman–Crippen LogP) is 2.65. The van der Waals surface area contributed by atoms with Crippen LogP contribution in [0.2, 0.25) is 0 Å². The van der Waals surface area contributed by atoms with Gasteiger partial charge in [-0.1, -0.05) is 12.1 Å². The molecule has 2 heterocycles. The zero-order chi connectivity index (χ0) is 18.9. The largest absolute Gasteiger partial charge is 0.381 e. The molecule has 26 heavy (non-hydrogen) atoms. The van der Waals surface area contributed by atoms with Crippen LogP contribution in [0.4, 0.5) is 10.5 Å². The first-order chi connectivity index (χ1) is 12.3. The molecule has 2 saturated heterocycles. The van der Waals surface area contributed by atoms with E-state index < -0.39 is 0 Å². The Labute approximate surface area is 155 Å². The van der Waals surface area contributed by atoms with Gasteiger partial charge in [-0.25, -0.2) is 4.79 Å². The van der Waals surface area contributed by atoms with Crippen molar-refractivity contribution in [2.45, 2.75) is 26.7 Å². The van der Waals surface area contributed by atoms with Gasteiger partial charge in [-0.2, -0.15) is 0 Å². The van der Waals surface area contributed by atoms with Crippen LogP contribution < -0.4 is 5.32 Å². The van der Waals surface area contributed by atoms with Crippen molar-refractivity contribution in [3.8, 4) is 0 Å². The molecule has 6 heteroatoms. The molecule has 0 saturated carbocycles. The van der Waals surface area contributed by atoms with Gasteiger partial charge >= 0.3 is 6.03 Å². The molecule has 1 aromatic rings. The molecule has 1 atom stereocenters. The number of ether oxygens (including phenoxy) is 1. The van der Waals surface area contributed by atoms with Crippen molar-refractivity contribution in [1.29, 1.82) is 0 Å². The van der Waals surface area contributed by atoms with Crippen molar-refractivity contribution in [2.75, 3.05) is 45.7 Å². The second kappa shape index (κ2) is 7.27. The van der Waals surface area contributed by atoms with Crippen molar-refractivity contribution in [2.24, 2.45) is 11.3 Å². The number of aryl methyl sites for hydroxylation is 1. The number of likely N-dealkylation sites (tertiary alicyclic amines) is 1. The third-order valence-corrected chi connectivity index (χ3v) is 6.01. The number of hydrogen-bond donors (Lipinski definition) is 1. The maximum absolute atomic E-state index is 12.9. The number of nitrogens with zero attached hydrogens (tertiary/aromatic N) is 2. The Kier molecular flexibility index (Phi) is 5.23. The van der Waals surface area contributed by atoms with Crippen molar-refractivity contribution in [1.82, 2.24) is 9.80 Å². The van der Waals surface area contributed by atoms with Crippen molar-refractivity contribution in [3.63, 3.8) is 0 Å². The summed E-state index contributed by atoms with van der Waals surface area (Å²) in [5.74, 6) is -0.0558. The smallest absolute Gasteiger partial charge is 0.321 e. The Morgan fingerprint density at radius 3 is 2.58 bits per heavy atom. The van der Waals surface area contributed by atoms with Gasteiger partial charge in [-0.3, -0.25) is 4.79 Å². The zero-order valence-corrected chi connectivity index (χ0v) is 16.2. The van der Waals surface area contributed by atoms with Crippen LogP contribution in [0.3, 0.4) is 0 Å². The zero-order valence-electron chi connectivity index (χ0n) is 16.2. The topological polar surface area (TPSA) is 61.9 Å². The van der Waals surface area contributed by atoms with E-state index in [2.05, 4.69) is 5.32 Å². The normalized spacial score (nSPS) is 21.7. The van der Waals surface area contributed by atoms with Crippen LogP contribution in [-0.2, 0) is 9.53 Å². The van der Waals surface area contributed by atoms with Crippen LogP contribution in [0.1, 0.15) is 24.0 Å². The fourth-order valence-corrected chi connectivity index (χ4v) is 4.14. The molecule has 1 spiro atoms. The summed E-state index contributed by atoms with van der Waals surface area (Å²) in [6.07, 6.45) is 1.65. The molecule has 142 valence electrons. The second-order valence-corrected chi connectivity index (χ2v) is 7.82. The van der Waals surface area contributed by atoms with Gasteiger partial charge < -0.3 is 19.9 Å². The number of hydrogen-bond acceptors (Lipinski definition) is 3. The Morgan fingerprint density at radius 2 is 1.92 bits per heavy atom. The minimum Gasteiger partial charge on any atom is -0.381 e. The summed E-state index contributed by atoms with van der Waals surface area (Å²) < 4.78 is 5.52. The molecule has 2 aliphatic rings. The van der Waals surface area contributed by atoms with Gasteiger partial charge in [0.15, 0.2) is 0 Å². The minimum absolute atomic E-state index is 0.105. The van der Waals surface area contributed by atoms with E-state index >= 15 is 0 Å². The first-order valence-corrected chi connectivity index (χ1v) is 9.25. The molecule has 2 fully saturated rings. The van der Waals surface area contributed by atoms with Crippen LogP contribution in [0.5, 0.6) is 0 Å². The molecule has 0 aromatic heterocycles. The average Bonchev–Trinajstić information content (AvgIpc) is 2.97. The molecular formula is C20H29N3O3. The fraction of sp³-hybridized carbons (Fsp3) is 0.600. The number of nitrogens with one attached hydrogen (secondary N) is 1. The number of benzene rings is 1. The van der Waals surface area contributed by atoms with Gasteiger partial charge in [0.25, 0.3) is 0 Å². The van der Waals surface area contributed by atoms with E-state index in [9.17, 15) is 9.59 Å². The first kappa shape index (κ1) is 18.7. The van der Waals surface area contributed by atoms with Gasteiger partial charge in [0.05, 0.1) is 5.92 Å². The van der Waals surface area contributed by atoms with E-state index in [0.29, 0.717) is 26.3 Å². The summed E-state index contributed by atoms with van der Waals surface area (Å²) in [6.45, 7) is 6.43. The van der Waals surface area contributed by atoms with E-state index in [4.69, 9.17) is 4.74 Å². The monoisotopic (exact) mass is 359 g/mol. The quantitative estimate of drug-likeness (QED) is 0.883. The van der Waals surface area contributed by atoms with Crippen molar-refractivity contribution < 1.29 is 14.3 Å². The van der Waals surface area contributed by atoms with Crippen LogP contribution in [-0.4, -0.2) is 62.1 Å². The maximum Gasteiger partial charge on any atom is 0.321 e. The maximum atomic E-state index is 12.9. The number of rotatable bonds is 2. The molecule has 6 nitrogen and oxygen atoms in total. The highest BCUT2D eigenvalue weighted by molar-refractivity contribution is 5.91. The lowest BCUT2D eigenvalue weighted by Crippen LogP contribution is -2.44. The summed E-state index contributed by atoms with van der Waals surface area (Å²) in [5.41, 5.74) is 2.88. The Morgan fingerprint density at radius 1 is 1.23 bits per heavy atom. The van der Waals surface area contributed by atoms with Gasteiger partial charge in [0, 0.05) is 51.5 Å². The summed E-state index contributed by atoms with van der Waals surface area (Å²) in [7, 11) is 3.57. The van der Waals surface area contributed by atoms with Crippen LogP contribution >= 0.6 is 0 Å². The van der Waals surface area contributed by atoms with Gasteiger partial charge in [0.1, 0.15) is 0 Å². The predicted molar refractivity (Wildman–Crippen MR) is 101 cm³/mol. The lowest BCUT2D eigenvalue weighted by molar-refractivity contribution is -0.138. The minimum atomic E-state index is -0.168. The fourth-order valence-electron chi connectivity index (χ4n) is 4.14. The number of amides is 3. The highest BCUT2D eigenvalue weighted by Gasteiger charge is 2.52. The molecule has 0 aliphatic carbocycles. The molecule has 3 rings (SSSR count). The highest BCUT2D eigenvalue weighted by Crippen LogP contribution is 2.45. The molecule has 0 bridgehead atoms. The molecule has 1 N–H and O–H groups in total. The molecule has 2 aliphatic heterocycles. The summed E-state index contributed by atoms with van der Waals surface area (Å²) in [4.78, 5) is 29.1. The van der Waals surface area contributed by atoms with E-state index in [0.717, 1.165) is 29.7 Å². The molecule has 1 aromatic carbocycles. The van der Waals surface area contributed by atoms with Gasteiger partial charge in [-0.05, 0) is 43.9 Å². The Bertz CT molecular complexity index is 696. The number of carbonyl (C=O) groups excluding carboxylic acids is 2. The highest BCUT2D eigenvalue weighted by atomic mass is 16.5. The summed E-state index contributed by atoms with van der Waals surface area (Å²) in [5, 5.41) is 3.03. The lowest BCUT2D eigenvalue weighted by Gasteiger charge is -2.37. The standard InChI is InChI=1S/C20H29N3O3/c1-14-6-5-7-17(15(14)2)21-19(25)23-12-16(18(24)22(3)4)20(13-23)8-10-26-11-9-20/h5-7,16H,8-13H2,1-4H3,(H,21,25).